The van der Waals surface area contributed by atoms with Crippen LogP contribution in [0.3, 0.4) is 0 Å². The first-order valence-electron chi connectivity index (χ1n) is 19.6. The van der Waals surface area contributed by atoms with Gasteiger partial charge in [0.05, 0.1) is 41.3 Å². The number of azo groups is 1. The lowest BCUT2D eigenvalue weighted by Gasteiger charge is -2.11. The van der Waals surface area contributed by atoms with Gasteiger partial charge in [0.15, 0.2) is 0 Å². The van der Waals surface area contributed by atoms with Crippen LogP contribution in [-0.4, -0.2) is 31.1 Å². The van der Waals surface area contributed by atoms with E-state index in [-0.39, 0.29) is 12.4 Å². The summed E-state index contributed by atoms with van der Waals surface area (Å²) in [7, 11) is 0. The minimum atomic E-state index is -0.558. The van der Waals surface area contributed by atoms with Gasteiger partial charge in [0.1, 0.15) is 29.6 Å². The van der Waals surface area contributed by atoms with E-state index in [9.17, 15) is 14.4 Å². The summed E-state index contributed by atoms with van der Waals surface area (Å²) >= 11 is 0. The van der Waals surface area contributed by atoms with E-state index in [0.717, 1.165) is 44.1 Å². The van der Waals surface area contributed by atoms with Crippen molar-refractivity contribution < 1.29 is 38.1 Å². The smallest absolute Gasteiger partial charge is 0.343 e. The molecule has 0 atom stereocenters. The zero-order chi connectivity index (χ0) is 40.2. The molecule has 57 heavy (non-hydrogen) atoms. The largest absolute Gasteiger partial charge is 0.494 e. The quantitative estimate of drug-likeness (QED) is 0.0313. The summed E-state index contributed by atoms with van der Waals surface area (Å²) in [5.41, 5.74) is 3.54. The molecular weight excluding hydrogens is 721 g/mol. The lowest BCUT2D eigenvalue weighted by Crippen LogP contribution is -2.09. The second-order valence-corrected chi connectivity index (χ2v) is 13.6. The van der Waals surface area contributed by atoms with E-state index in [2.05, 4.69) is 24.1 Å². The number of carbonyl (C=O) groups is 3. The van der Waals surface area contributed by atoms with Gasteiger partial charge in [0.2, 0.25) is 0 Å². The minimum absolute atomic E-state index is 0.174. The number of rotatable bonds is 21. The Morgan fingerprint density at radius 1 is 0.491 bits per heavy atom. The molecule has 0 bridgehead atoms. The molecule has 0 aliphatic rings. The zero-order valence-electron chi connectivity index (χ0n) is 32.9. The number of carbonyl (C=O) groups excluding carboxylic acids is 3. The normalized spacial score (nSPS) is 10.9. The molecule has 10 nitrogen and oxygen atoms in total. The Bertz CT molecular complexity index is 2060. The van der Waals surface area contributed by atoms with Gasteiger partial charge in [-0.1, -0.05) is 70.1 Å². The van der Waals surface area contributed by atoms with Crippen LogP contribution >= 0.6 is 0 Å². The second-order valence-electron chi connectivity index (χ2n) is 13.6. The molecule has 5 rings (SSSR count). The topological polar surface area (TPSA) is 122 Å². The van der Waals surface area contributed by atoms with Crippen molar-refractivity contribution in [2.45, 2.75) is 78.7 Å². The van der Waals surface area contributed by atoms with E-state index in [0.29, 0.717) is 64.1 Å². The molecule has 0 aliphatic carbocycles. The standard InChI is InChI=1S/C47H50N2O8/c1-4-6-8-10-30-53-40-22-16-35(17-23-40)45(50)55-33-38-32-43(57-47(52)37-18-24-41(25-19-37)54-31-11-9-7-5-2)28-29-44(38)49-48-39-20-26-42(27-21-39)56-46(51)36-14-12-34(3)13-15-36/h12-29,32H,4-11,30-31,33H2,1-3H3. The molecular formula is C47H50N2O8. The lowest BCUT2D eigenvalue weighted by atomic mass is 10.1. The molecule has 0 aliphatic heterocycles. The van der Waals surface area contributed by atoms with Crippen molar-refractivity contribution in [3.05, 3.63) is 143 Å². The van der Waals surface area contributed by atoms with Crippen LogP contribution < -0.4 is 18.9 Å². The zero-order valence-corrected chi connectivity index (χ0v) is 32.9. The fourth-order valence-electron chi connectivity index (χ4n) is 5.59. The first-order valence-corrected chi connectivity index (χ1v) is 19.6. The first-order chi connectivity index (χ1) is 27.8. The average molecular weight is 771 g/mol. The van der Waals surface area contributed by atoms with Crippen LogP contribution in [-0.2, 0) is 11.3 Å². The number of hydrogen-bond acceptors (Lipinski definition) is 10. The molecule has 0 N–H and O–H groups in total. The van der Waals surface area contributed by atoms with Gasteiger partial charge in [0, 0.05) is 5.56 Å². The number of nitrogens with zero attached hydrogens (tertiary/aromatic N) is 2. The molecule has 0 radical (unpaired) electrons. The van der Waals surface area contributed by atoms with Crippen molar-refractivity contribution in [3.8, 4) is 23.0 Å². The maximum atomic E-state index is 13.1. The number of esters is 3. The molecule has 0 saturated carbocycles. The highest BCUT2D eigenvalue weighted by Gasteiger charge is 2.15. The number of benzene rings is 5. The third kappa shape index (κ3) is 13.8. The van der Waals surface area contributed by atoms with Crippen molar-refractivity contribution in [1.29, 1.82) is 0 Å². The summed E-state index contributed by atoms with van der Waals surface area (Å²) in [6.45, 7) is 7.34. The summed E-state index contributed by atoms with van der Waals surface area (Å²) in [5.74, 6) is 0.393. The van der Waals surface area contributed by atoms with Gasteiger partial charge in [-0.2, -0.15) is 10.2 Å². The third-order valence-corrected chi connectivity index (χ3v) is 8.94. The first kappa shape index (κ1) is 41.9. The Labute approximate surface area is 334 Å². The van der Waals surface area contributed by atoms with Gasteiger partial charge in [-0.15, -0.1) is 0 Å². The van der Waals surface area contributed by atoms with Crippen LogP contribution in [0.25, 0.3) is 0 Å². The van der Waals surface area contributed by atoms with E-state index in [1.165, 1.54) is 12.8 Å². The molecule has 0 unspecified atom stereocenters. The highest BCUT2D eigenvalue weighted by molar-refractivity contribution is 5.92. The van der Waals surface area contributed by atoms with E-state index in [1.807, 2.05) is 19.1 Å². The van der Waals surface area contributed by atoms with Gasteiger partial charge >= 0.3 is 17.9 Å². The van der Waals surface area contributed by atoms with E-state index >= 15 is 0 Å². The van der Waals surface area contributed by atoms with Crippen molar-refractivity contribution in [1.82, 2.24) is 0 Å². The highest BCUT2D eigenvalue weighted by atomic mass is 16.5. The predicted molar refractivity (Wildman–Crippen MR) is 219 cm³/mol. The maximum absolute atomic E-state index is 13.1. The monoisotopic (exact) mass is 770 g/mol. The van der Waals surface area contributed by atoms with Crippen LogP contribution in [0.2, 0.25) is 0 Å². The van der Waals surface area contributed by atoms with Crippen LogP contribution in [0, 0.1) is 6.92 Å². The van der Waals surface area contributed by atoms with Crippen molar-refractivity contribution in [3.63, 3.8) is 0 Å². The van der Waals surface area contributed by atoms with Crippen LogP contribution in [0.5, 0.6) is 23.0 Å². The third-order valence-electron chi connectivity index (χ3n) is 8.94. The minimum Gasteiger partial charge on any atom is -0.494 e. The number of ether oxygens (including phenoxy) is 5. The summed E-state index contributed by atoms with van der Waals surface area (Å²) in [6, 6.07) is 32.2. The van der Waals surface area contributed by atoms with Gasteiger partial charge in [0.25, 0.3) is 0 Å². The fraction of sp³-hybridized carbons (Fsp3) is 0.298. The van der Waals surface area contributed by atoms with Crippen LogP contribution in [0.4, 0.5) is 11.4 Å². The van der Waals surface area contributed by atoms with Gasteiger partial charge < -0.3 is 23.7 Å². The van der Waals surface area contributed by atoms with Crippen molar-refractivity contribution in [2.24, 2.45) is 10.2 Å². The Morgan fingerprint density at radius 3 is 1.51 bits per heavy atom. The summed E-state index contributed by atoms with van der Waals surface area (Å²) in [6.07, 6.45) is 8.84. The summed E-state index contributed by atoms with van der Waals surface area (Å²) in [5, 5.41) is 8.77. The molecule has 296 valence electrons. The van der Waals surface area contributed by atoms with Gasteiger partial charge in [-0.3, -0.25) is 0 Å². The molecule has 0 aromatic heterocycles. The van der Waals surface area contributed by atoms with Crippen molar-refractivity contribution >= 4 is 29.3 Å². The van der Waals surface area contributed by atoms with Crippen LogP contribution in [0.1, 0.15) is 107 Å². The van der Waals surface area contributed by atoms with E-state index in [1.54, 1.807) is 103 Å². The Kier molecular flexibility index (Phi) is 16.4. The maximum Gasteiger partial charge on any atom is 0.343 e. The predicted octanol–water partition coefficient (Wildman–Crippen LogP) is 12.1. The van der Waals surface area contributed by atoms with Crippen molar-refractivity contribution in [2.75, 3.05) is 13.2 Å². The average Bonchev–Trinajstić information content (AvgIpc) is 3.23. The van der Waals surface area contributed by atoms with Gasteiger partial charge in [-0.05, 0) is 123 Å². The van der Waals surface area contributed by atoms with Crippen LogP contribution in [0.15, 0.2) is 125 Å². The van der Waals surface area contributed by atoms with E-state index < -0.39 is 17.9 Å². The molecule has 0 fully saturated rings. The number of unbranched alkanes of at least 4 members (excludes halogenated alkanes) is 6. The molecule has 0 spiro atoms. The SMILES string of the molecule is CCCCCCOc1ccc(C(=O)OCc2cc(OC(=O)c3ccc(OCCCCCC)cc3)ccc2N=Nc2ccc(OC(=O)c3ccc(C)cc3)cc2)cc1. The highest BCUT2D eigenvalue weighted by Crippen LogP contribution is 2.29. The Hall–Kier alpha value is -6.29. The lowest BCUT2D eigenvalue weighted by molar-refractivity contribution is 0.0471. The van der Waals surface area contributed by atoms with E-state index in [4.69, 9.17) is 23.7 Å². The Balaban J connectivity index is 1.26. The Morgan fingerprint density at radius 2 is 0.965 bits per heavy atom. The number of hydrogen-bond donors (Lipinski definition) is 0. The second kappa shape index (κ2) is 22.3. The molecule has 5 aromatic carbocycles. The molecule has 0 heterocycles. The number of aryl methyl sites for hydroxylation is 1. The molecule has 5 aromatic rings. The molecule has 10 heteroatoms. The molecule has 0 saturated heterocycles. The fourth-order valence-corrected chi connectivity index (χ4v) is 5.59. The molecule has 0 amide bonds. The summed E-state index contributed by atoms with van der Waals surface area (Å²) < 4.78 is 28.5. The summed E-state index contributed by atoms with van der Waals surface area (Å²) in [4.78, 5) is 38.8. The van der Waals surface area contributed by atoms with Gasteiger partial charge in [-0.25, -0.2) is 14.4 Å².